The van der Waals surface area contributed by atoms with Crippen LogP contribution >= 0.6 is 0 Å². The molecule has 2 aromatic rings. The van der Waals surface area contributed by atoms with E-state index in [2.05, 4.69) is 20.9 Å². The van der Waals surface area contributed by atoms with Crippen LogP contribution in [0, 0.1) is 0 Å². The van der Waals surface area contributed by atoms with Gasteiger partial charge in [0.2, 0.25) is 5.91 Å². The van der Waals surface area contributed by atoms with Gasteiger partial charge in [-0.2, -0.15) is 0 Å². The number of hydrogen-bond donors (Lipinski definition) is 0. The Morgan fingerprint density at radius 1 is 1.21 bits per heavy atom. The minimum atomic E-state index is 0.0981. The summed E-state index contributed by atoms with van der Waals surface area (Å²) in [6.45, 7) is 5.71. The van der Waals surface area contributed by atoms with E-state index in [9.17, 15) is 4.79 Å². The quantitative estimate of drug-likeness (QED) is 0.814. The molecule has 0 aliphatic carbocycles. The molecule has 3 rings (SSSR count). The van der Waals surface area contributed by atoms with Gasteiger partial charge in [0.15, 0.2) is 0 Å². The second kappa shape index (κ2) is 6.99. The zero-order valence-electron chi connectivity index (χ0n) is 14.6. The number of aromatic nitrogens is 2. The predicted molar refractivity (Wildman–Crippen MR) is 97.0 cm³/mol. The van der Waals surface area contributed by atoms with Crippen LogP contribution in [-0.2, 0) is 4.79 Å². The Morgan fingerprint density at radius 2 is 1.92 bits per heavy atom. The minimum absolute atomic E-state index is 0.0981. The van der Waals surface area contributed by atoms with Crippen molar-refractivity contribution in [2.24, 2.45) is 0 Å². The number of allylic oxidation sites excluding steroid dienone is 1. The molecule has 0 atom stereocenters. The number of fused-ring (bicyclic) bond motifs is 1. The standard InChI is InChI=1S/C19H24N4O/c1-14(2)12-18(24)22(3)15-8-10-23(11-9-15)19-16-6-4-5-7-17(16)20-13-21-19/h4-7,12-13,15H,8-11H2,1-3H3. The molecular formula is C19H24N4O. The van der Waals surface area contributed by atoms with Crippen molar-refractivity contribution < 1.29 is 4.79 Å². The zero-order chi connectivity index (χ0) is 17.1. The summed E-state index contributed by atoms with van der Waals surface area (Å²) in [7, 11) is 1.90. The van der Waals surface area contributed by atoms with E-state index in [1.165, 1.54) is 0 Å². The Balaban J connectivity index is 1.71. The van der Waals surface area contributed by atoms with Gasteiger partial charge in [0, 0.05) is 37.6 Å². The summed E-state index contributed by atoms with van der Waals surface area (Å²) in [5.74, 6) is 1.10. The zero-order valence-corrected chi connectivity index (χ0v) is 14.6. The summed E-state index contributed by atoms with van der Waals surface area (Å²) < 4.78 is 0. The highest BCUT2D eigenvalue weighted by molar-refractivity contribution is 5.89. The van der Waals surface area contributed by atoms with Crippen molar-refractivity contribution in [2.45, 2.75) is 32.7 Å². The normalized spacial score (nSPS) is 15.4. The maximum absolute atomic E-state index is 12.2. The van der Waals surface area contributed by atoms with Crippen LogP contribution in [0.2, 0.25) is 0 Å². The van der Waals surface area contributed by atoms with E-state index in [1.54, 1.807) is 12.4 Å². The molecule has 0 radical (unpaired) electrons. The summed E-state index contributed by atoms with van der Waals surface area (Å²) in [6.07, 6.45) is 5.26. The van der Waals surface area contributed by atoms with Crippen molar-refractivity contribution in [1.82, 2.24) is 14.9 Å². The van der Waals surface area contributed by atoms with Crippen molar-refractivity contribution in [3.8, 4) is 0 Å². The van der Waals surface area contributed by atoms with Gasteiger partial charge < -0.3 is 9.80 Å². The van der Waals surface area contributed by atoms with Gasteiger partial charge in [0.1, 0.15) is 12.1 Å². The Morgan fingerprint density at radius 3 is 2.62 bits per heavy atom. The lowest BCUT2D eigenvalue weighted by Crippen LogP contribution is -2.45. The monoisotopic (exact) mass is 324 g/mol. The SMILES string of the molecule is CC(C)=CC(=O)N(C)C1CCN(c2ncnc3ccccc23)CC1. The lowest BCUT2D eigenvalue weighted by molar-refractivity contribution is -0.127. The fourth-order valence-electron chi connectivity index (χ4n) is 3.24. The maximum atomic E-state index is 12.2. The summed E-state index contributed by atoms with van der Waals surface area (Å²) in [4.78, 5) is 25.2. The first kappa shape index (κ1) is 16.4. The highest BCUT2D eigenvalue weighted by Gasteiger charge is 2.25. The highest BCUT2D eigenvalue weighted by atomic mass is 16.2. The third-order valence-electron chi connectivity index (χ3n) is 4.59. The van der Waals surface area contributed by atoms with E-state index in [1.807, 2.05) is 44.0 Å². The molecule has 1 saturated heterocycles. The smallest absolute Gasteiger partial charge is 0.246 e. The number of piperidine rings is 1. The molecule has 5 heteroatoms. The number of benzene rings is 1. The molecular weight excluding hydrogens is 300 g/mol. The molecule has 0 spiro atoms. The van der Waals surface area contributed by atoms with E-state index < -0.39 is 0 Å². The highest BCUT2D eigenvalue weighted by Crippen LogP contribution is 2.26. The van der Waals surface area contributed by atoms with Crippen LogP contribution in [0.3, 0.4) is 0 Å². The molecule has 0 bridgehead atoms. The van der Waals surface area contributed by atoms with Gasteiger partial charge in [-0.1, -0.05) is 17.7 Å². The first-order valence-corrected chi connectivity index (χ1v) is 8.42. The fraction of sp³-hybridized carbons (Fsp3) is 0.421. The van der Waals surface area contributed by atoms with Gasteiger partial charge in [0.25, 0.3) is 0 Å². The molecule has 0 N–H and O–H groups in total. The Kier molecular flexibility index (Phi) is 4.79. The van der Waals surface area contributed by atoms with Gasteiger partial charge >= 0.3 is 0 Å². The second-order valence-electron chi connectivity index (χ2n) is 6.60. The molecule has 5 nitrogen and oxygen atoms in total. The van der Waals surface area contributed by atoms with E-state index in [4.69, 9.17) is 0 Å². The van der Waals surface area contributed by atoms with E-state index >= 15 is 0 Å². The van der Waals surface area contributed by atoms with E-state index in [0.717, 1.165) is 48.2 Å². The summed E-state index contributed by atoms with van der Waals surface area (Å²) >= 11 is 0. The molecule has 1 aromatic heterocycles. The first-order chi connectivity index (χ1) is 11.6. The molecule has 1 fully saturated rings. The Labute approximate surface area is 143 Å². The van der Waals surface area contributed by atoms with Crippen LogP contribution in [0.25, 0.3) is 10.9 Å². The van der Waals surface area contributed by atoms with E-state index in [0.29, 0.717) is 0 Å². The molecule has 0 saturated carbocycles. The number of hydrogen-bond acceptors (Lipinski definition) is 4. The third-order valence-corrected chi connectivity index (χ3v) is 4.59. The number of anilines is 1. The van der Waals surface area contributed by atoms with Crippen molar-refractivity contribution in [3.05, 3.63) is 42.2 Å². The lowest BCUT2D eigenvalue weighted by atomic mass is 10.0. The van der Waals surface area contributed by atoms with Gasteiger partial charge in [0.05, 0.1) is 5.52 Å². The van der Waals surface area contributed by atoms with Gasteiger partial charge in [-0.25, -0.2) is 9.97 Å². The first-order valence-electron chi connectivity index (χ1n) is 8.42. The molecule has 1 aliphatic heterocycles. The Bertz CT molecular complexity index is 754. The largest absolute Gasteiger partial charge is 0.356 e. The molecule has 1 aliphatic rings. The topological polar surface area (TPSA) is 49.3 Å². The molecule has 0 unspecified atom stereocenters. The van der Waals surface area contributed by atoms with Crippen LogP contribution in [0.1, 0.15) is 26.7 Å². The van der Waals surface area contributed by atoms with Crippen LogP contribution in [-0.4, -0.2) is 47.0 Å². The number of nitrogens with zero attached hydrogens (tertiary/aromatic N) is 4. The van der Waals surface area contributed by atoms with Crippen LogP contribution in [0.4, 0.5) is 5.82 Å². The van der Waals surface area contributed by atoms with Crippen molar-refractivity contribution in [2.75, 3.05) is 25.0 Å². The van der Waals surface area contributed by atoms with Gasteiger partial charge in [-0.15, -0.1) is 0 Å². The lowest BCUT2D eigenvalue weighted by Gasteiger charge is -2.37. The van der Waals surface area contributed by atoms with Crippen molar-refractivity contribution in [3.63, 3.8) is 0 Å². The number of carbonyl (C=O) groups is 1. The number of para-hydroxylation sites is 1. The van der Waals surface area contributed by atoms with Gasteiger partial charge in [-0.05, 0) is 38.8 Å². The summed E-state index contributed by atoms with van der Waals surface area (Å²) in [5, 5.41) is 1.09. The molecule has 24 heavy (non-hydrogen) atoms. The average molecular weight is 324 g/mol. The molecule has 1 amide bonds. The summed E-state index contributed by atoms with van der Waals surface area (Å²) in [5.41, 5.74) is 2.01. The summed E-state index contributed by atoms with van der Waals surface area (Å²) in [6, 6.07) is 8.39. The van der Waals surface area contributed by atoms with Crippen LogP contribution in [0.15, 0.2) is 42.2 Å². The fourth-order valence-corrected chi connectivity index (χ4v) is 3.24. The minimum Gasteiger partial charge on any atom is -0.356 e. The van der Waals surface area contributed by atoms with Crippen molar-refractivity contribution >= 4 is 22.6 Å². The third kappa shape index (κ3) is 3.40. The van der Waals surface area contributed by atoms with Crippen LogP contribution in [0.5, 0.6) is 0 Å². The molecule has 2 heterocycles. The number of likely N-dealkylation sites (N-methyl/N-ethyl adjacent to an activating group) is 1. The van der Waals surface area contributed by atoms with Crippen LogP contribution < -0.4 is 4.90 Å². The van der Waals surface area contributed by atoms with Crippen molar-refractivity contribution in [1.29, 1.82) is 0 Å². The van der Waals surface area contributed by atoms with Gasteiger partial charge in [-0.3, -0.25) is 4.79 Å². The maximum Gasteiger partial charge on any atom is 0.246 e. The molecule has 126 valence electrons. The second-order valence-corrected chi connectivity index (χ2v) is 6.60. The number of carbonyl (C=O) groups excluding carboxylic acids is 1. The predicted octanol–water partition coefficient (Wildman–Crippen LogP) is 3.02. The Hall–Kier alpha value is -2.43. The number of amides is 1. The number of rotatable bonds is 3. The molecule has 1 aromatic carbocycles. The van der Waals surface area contributed by atoms with E-state index in [-0.39, 0.29) is 11.9 Å². The average Bonchev–Trinajstić information content (AvgIpc) is 2.60.